The molecule has 8 heteroatoms. The SMILES string of the molecule is CC(C)(C)OC(=O)N1CCC(Oc2cc(-n3cnc4ccccc43)ncn2)CC1. The molecule has 8 nitrogen and oxygen atoms in total. The van der Waals surface area contributed by atoms with Crippen LogP contribution in [0.15, 0.2) is 43.0 Å². The van der Waals surface area contributed by atoms with E-state index >= 15 is 0 Å². The lowest BCUT2D eigenvalue weighted by Gasteiger charge is -2.33. The molecule has 0 radical (unpaired) electrons. The Kier molecular flexibility index (Phi) is 5.08. The molecule has 1 aliphatic rings. The van der Waals surface area contributed by atoms with Gasteiger partial charge < -0.3 is 14.4 Å². The maximum absolute atomic E-state index is 12.2. The molecule has 3 aromatic rings. The number of hydrogen-bond acceptors (Lipinski definition) is 6. The quantitative estimate of drug-likeness (QED) is 0.674. The summed E-state index contributed by atoms with van der Waals surface area (Å²) in [4.78, 5) is 26.9. The molecule has 1 amide bonds. The fourth-order valence-corrected chi connectivity index (χ4v) is 3.32. The zero-order valence-electron chi connectivity index (χ0n) is 16.9. The van der Waals surface area contributed by atoms with E-state index in [2.05, 4.69) is 15.0 Å². The fraction of sp³-hybridized carbons (Fsp3) is 0.429. The molecule has 0 unspecified atom stereocenters. The molecule has 29 heavy (non-hydrogen) atoms. The summed E-state index contributed by atoms with van der Waals surface area (Å²) >= 11 is 0. The van der Waals surface area contributed by atoms with Crippen LogP contribution in [0.5, 0.6) is 5.88 Å². The predicted molar refractivity (Wildman–Crippen MR) is 108 cm³/mol. The summed E-state index contributed by atoms with van der Waals surface area (Å²) in [6.45, 7) is 6.82. The molecule has 1 saturated heterocycles. The smallest absolute Gasteiger partial charge is 0.410 e. The number of piperidine rings is 1. The minimum atomic E-state index is -0.487. The molecule has 4 rings (SSSR count). The van der Waals surface area contributed by atoms with Gasteiger partial charge in [-0.15, -0.1) is 0 Å². The van der Waals surface area contributed by atoms with Crippen LogP contribution in [0.25, 0.3) is 16.9 Å². The van der Waals surface area contributed by atoms with Gasteiger partial charge in [0.05, 0.1) is 11.0 Å². The molecule has 2 aromatic heterocycles. The van der Waals surface area contributed by atoms with Crippen LogP contribution in [-0.2, 0) is 4.74 Å². The number of hydrogen-bond donors (Lipinski definition) is 0. The van der Waals surface area contributed by atoms with E-state index in [1.165, 1.54) is 6.33 Å². The van der Waals surface area contributed by atoms with Gasteiger partial charge in [-0.05, 0) is 32.9 Å². The topological polar surface area (TPSA) is 82.4 Å². The third-order valence-electron chi connectivity index (χ3n) is 4.71. The molecule has 3 heterocycles. The molecule has 0 bridgehead atoms. The molecule has 152 valence electrons. The Morgan fingerprint density at radius 3 is 2.62 bits per heavy atom. The van der Waals surface area contributed by atoms with Crippen molar-refractivity contribution in [3.8, 4) is 11.7 Å². The van der Waals surface area contributed by atoms with Gasteiger partial charge in [0.1, 0.15) is 30.2 Å². The van der Waals surface area contributed by atoms with Gasteiger partial charge in [-0.25, -0.2) is 19.7 Å². The number of carbonyl (C=O) groups is 1. The zero-order chi connectivity index (χ0) is 20.4. The fourth-order valence-electron chi connectivity index (χ4n) is 3.32. The summed E-state index contributed by atoms with van der Waals surface area (Å²) < 4.78 is 13.4. The second-order valence-corrected chi connectivity index (χ2v) is 8.10. The van der Waals surface area contributed by atoms with Crippen LogP contribution in [-0.4, -0.2) is 55.3 Å². The molecule has 0 saturated carbocycles. The van der Waals surface area contributed by atoms with Gasteiger partial charge in [-0.3, -0.25) is 4.57 Å². The average Bonchev–Trinajstić information content (AvgIpc) is 3.12. The number of fused-ring (bicyclic) bond motifs is 1. The van der Waals surface area contributed by atoms with Gasteiger partial charge >= 0.3 is 6.09 Å². The lowest BCUT2D eigenvalue weighted by molar-refractivity contribution is 0.0123. The molecule has 0 atom stereocenters. The van der Waals surface area contributed by atoms with Crippen molar-refractivity contribution in [2.45, 2.75) is 45.3 Å². The molecule has 1 aliphatic heterocycles. The first-order chi connectivity index (χ1) is 13.9. The van der Waals surface area contributed by atoms with Crippen molar-refractivity contribution in [1.82, 2.24) is 24.4 Å². The molecule has 0 N–H and O–H groups in total. The first kappa shape index (κ1) is 19.2. The Morgan fingerprint density at radius 1 is 1.10 bits per heavy atom. The Labute approximate surface area is 169 Å². The third kappa shape index (κ3) is 4.47. The molecule has 1 fully saturated rings. The number of para-hydroxylation sites is 2. The molecule has 0 aliphatic carbocycles. The number of ether oxygens (including phenoxy) is 2. The minimum Gasteiger partial charge on any atom is -0.474 e. The first-order valence-corrected chi connectivity index (χ1v) is 9.78. The number of carbonyl (C=O) groups excluding carboxylic acids is 1. The van der Waals surface area contributed by atoms with Crippen LogP contribution in [0, 0.1) is 0 Å². The highest BCUT2D eigenvalue weighted by molar-refractivity contribution is 5.76. The van der Waals surface area contributed by atoms with Crippen molar-refractivity contribution in [2.75, 3.05) is 13.1 Å². The normalized spacial score (nSPS) is 15.5. The summed E-state index contributed by atoms with van der Waals surface area (Å²) in [5.41, 5.74) is 1.39. The number of imidazole rings is 1. The van der Waals surface area contributed by atoms with Gasteiger partial charge in [0, 0.05) is 32.0 Å². The Balaban J connectivity index is 1.40. The van der Waals surface area contributed by atoms with Gasteiger partial charge in [0.2, 0.25) is 5.88 Å². The van der Waals surface area contributed by atoms with E-state index in [0.717, 1.165) is 23.9 Å². The highest BCUT2D eigenvalue weighted by atomic mass is 16.6. The largest absolute Gasteiger partial charge is 0.474 e. The number of amides is 1. The summed E-state index contributed by atoms with van der Waals surface area (Å²) in [7, 11) is 0. The van der Waals surface area contributed by atoms with Crippen LogP contribution in [0.1, 0.15) is 33.6 Å². The highest BCUT2D eigenvalue weighted by Crippen LogP contribution is 2.22. The Morgan fingerprint density at radius 2 is 1.86 bits per heavy atom. The predicted octanol–water partition coefficient (Wildman–Crippen LogP) is 3.59. The molecule has 1 aromatic carbocycles. The van der Waals surface area contributed by atoms with Gasteiger partial charge in [-0.2, -0.15) is 0 Å². The number of aromatic nitrogens is 4. The lowest BCUT2D eigenvalue weighted by Crippen LogP contribution is -2.44. The highest BCUT2D eigenvalue weighted by Gasteiger charge is 2.27. The van der Waals surface area contributed by atoms with Gasteiger partial charge in [0.15, 0.2) is 0 Å². The molecule has 0 spiro atoms. The summed E-state index contributed by atoms with van der Waals surface area (Å²) in [5.74, 6) is 1.22. The van der Waals surface area contributed by atoms with Crippen LogP contribution in [0.2, 0.25) is 0 Å². The lowest BCUT2D eigenvalue weighted by atomic mass is 10.1. The number of benzene rings is 1. The number of nitrogens with zero attached hydrogens (tertiary/aromatic N) is 5. The van der Waals surface area contributed by atoms with Crippen LogP contribution in [0.4, 0.5) is 4.79 Å². The standard InChI is InChI=1S/C21H25N5O3/c1-21(2,3)29-20(27)25-10-8-15(9-11-25)28-19-12-18(22-13-23-19)26-14-24-16-6-4-5-7-17(16)26/h4-7,12-15H,8-11H2,1-3H3. The van der Waals surface area contributed by atoms with E-state index in [-0.39, 0.29) is 12.2 Å². The maximum Gasteiger partial charge on any atom is 0.410 e. The van der Waals surface area contributed by atoms with E-state index in [1.807, 2.05) is 55.7 Å². The van der Waals surface area contributed by atoms with Crippen LogP contribution < -0.4 is 4.74 Å². The van der Waals surface area contributed by atoms with Crippen molar-refractivity contribution < 1.29 is 14.3 Å². The van der Waals surface area contributed by atoms with E-state index in [0.29, 0.717) is 24.8 Å². The summed E-state index contributed by atoms with van der Waals surface area (Å²) in [5, 5.41) is 0. The second-order valence-electron chi connectivity index (χ2n) is 8.10. The van der Waals surface area contributed by atoms with Crippen LogP contribution in [0.3, 0.4) is 0 Å². The van der Waals surface area contributed by atoms with Crippen LogP contribution >= 0.6 is 0 Å². The second kappa shape index (κ2) is 7.69. The van der Waals surface area contributed by atoms with Crippen molar-refractivity contribution in [3.05, 3.63) is 43.0 Å². The number of likely N-dealkylation sites (tertiary alicyclic amines) is 1. The van der Waals surface area contributed by atoms with Gasteiger partial charge in [-0.1, -0.05) is 12.1 Å². The number of rotatable bonds is 3. The van der Waals surface area contributed by atoms with Crippen molar-refractivity contribution >= 4 is 17.1 Å². The zero-order valence-corrected chi connectivity index (χ0v) is 16.9. The van der Waals surface area contributed by atoms with E-state index in [4.69, 9.17) is 9.47 Å². The van der Waals surface area contributed by atoms with E-state index < -0.39 is 5.60 Å². The molecular formula is C21H25N5O3. The Bertz CT molecular complexity index is 1000. The monoisotopic (exact) mass is 395 g/mol. The van der Waals surface area contributed by atoms with Crippen molar-refractivity contribution in [3.63, 3.8) is 0 Å². The third-order valence-corrected chi connectivity index (χ3v) is 4.71. The van der Waals surface area contributed by atoms with Gasteiger partial charge in [0.25, 0.3) is 0 Å². The molecular weight excluding hydrogens is 370 g/mol. The van der Waals surface area contributed by atoms with Crippen molar-refractivity contribution in [1.29, 1.82) is 0 Å². The maximum atomic E-state index is 12.2. The first-order valence-electron chi connectivity index (χ1n) is 9.78. The average molecular weight is 395 g/mol. The summed E-state index contributed by atoms with van der Waals surface area (Å²) in [6.07, 6.45) is 4.42. The minimum absolute atomic E-state index is 0.00373. The Hall–Kier alpha value is -3.16. The van der Waals surface area contributed by atoms with Crippen molar-refractivity contribution in [2.24, 2.45) is 0 Å². The van der Waals surface area contributed by atoms with E-state index in [9.17, 15) is 4.79 Å². The summed E-state index contributed by atoms with van der Waals surface area (Å²) in [6, 6.07) is 9.70. The van der Waals surface area contributed by atoms with E-state index in [1.54, 1.807) is 11.2 Å².